The molecule has 0 heterocycles. The maximum absolute atomic E-state index is 3.22. The van der Waals surface area contributed by atoms with Crippen molar-refractivity contribution in [2.45, 2.75) is 59.3 Å². The van der Waals surface area contributed by atoms with E-state index in [1.165, 1.54) is 45.1 Å². The first-order chi connectivity index (χ1) is 6.76. The molecule has 0 fully saturated rings. The lowest BCUT2D eigenvalue weighted by Crippen LogP contribution is -2.14. The van der Waals surface area contributed by atoms with Crippen LogP contribution >= 0.6 is 0 Å². The average molecular weight is 199 g/mol. The molecule has 0 amide bonds. The SMILES string of the molecule is CCCCC(CC)C(C)CCCNC. The van der Waals surface area contributed by atoms with Gasteiger partial charge in [-0.15, -0.1) is 0 Å². The van der Waals surface area contributed by atoms with Gasteiger partial charge in [0.1, 0.15) is 0 Å². The van der Waals surface area contributed by atoms with E-state index in [1.54, 1.807) is 0 Å². The van der Waals surface area contributed by atoms with Crippen molar-refractivity contribution in [2.75, 3.05) is 13.6 Å². The fourth-order valence-electron chi connectivity index (χ4n) is 2.19. The van der Waals surface area contributed by atoms with Crippen LogP contribution in [0.15, 0.2) is 0 Å². The van der Waals surface area contributed by atoms with Gasteiger partial charge in [0.25, 0.3) is 0 Å². The van der Waals surface area contributed by atoms with Gasteiger partial charge in [0.15, 0.2) is 0 Å². The lowest BCUT2D eigenvalue weighted by molar-refractivity contribution is 0.296. The highest BCUT2D eigenvalue weighted by Gasteiger charge is 2.13. The standard InChI is InChI=1S/C13H29N/c1-5-7-10-13(6-2)12(3)9-8-11-14-4/h12-14H,5-11H2,1-4H3. The molecule has 1 heteroatoms. The van der Waals surface area contributed by atoms with Crippen LogP contribution in [0.5, 0.6) is 0 Å². The lowest BCUT2D eigenvalue weighted by atomic mass is 9.84. The van der Waals surface area contributed by atoms with Gasteiger partial charge in [0, 0.05) is 0 Å². The maximum Gasteiger partial charge on any atom is -0.00518 e. The number of unbranched alkanes of at least 4 members (excludes halogenated alkanes) is 1. The largest absolute Gasteiger partial charge is 0.320 e. The van der Waals surface area contributed by atoms with Crippen molar-refractivity contribution in [3.63, 3.8) is 0 Å². The Balaban J connectivity index is 3.61. The molecule has 0 saturated carbocycles. The zero-order valence-corrected chi connectivity index (χ0v) is 10.6. The lowest BCUT2D eigenvalue weighted by Gasteiger charge is -2.22. The summed E-state index contributed by atoms with van der Waals surface area (Å²) in [4.78, 5) is 0. The van der Waals surface area contributed by atoms with E-state index in [9.17, 15) is 0 Å². The number of rotatable bonds is 9. The van der Waals surface area contributed by atoms with Crippen molar-refractivity contribution in [3.8, 4) is 0 Å². The molecule has 14 heavy (non-hydrogen) atoms. The van der Waals surface area contributed by atoms with Gasteiger partial charge in [0.2, 0.25) is 0 Å². The molecule has 0 radical (unpaired) electrons. The van der Waals surface area contributed by atoms with Crippen LogP contribution < -0.4 is 5.32 Å². The van der Waals surface area contributed by atoms with Crippen LogP contribution in [0.25, 0.3) is 0 Å². The van der Waals surface area contributed by atoms with Gasteiger partial charge in [-0.25, -0.2) is 0 Å². The zero-order chi connectivity index (χ0) is 10.8. The van der Waals surface area contributed by atoms with E-state index in [0.29, 0.717) is 0 Å². The van der Waals surface area contributed by atoms with E-state index >= 15 is 0 Å². The molecule has 0 bridgehead atoms. The summed E-state index contributed by atoms with van der Waals surface area (Å²) in [6.07, 6.45) is 8.28. The summed E-state index contributed by atoms with van der Waals surface area (Å²) >= 11 is 0. The predicted molar refractivity (Wildman–Crippen MR) is 65.6 cm³/mol. The van der Waals surface area contributed by atoms with E-state index in [-0.39, 0.29) is 0 Å². The van der Waals surface area contributed by atoms with E-state index < -0.39 is 0 Å². The molecular formula is C13H29N. The van der Waals surface area contributed by atoms with E-state index in [2.05, 4.69) is 26.1 Å². The van der Waals surface area contributed by atoms with Crippen LogP contribution in [0.2, 0.25) is 0 Å². The molecular weight excluding hydrogens is 170 g/mol. The van der Waals surface area contributed by atoms with Crippen LogP contribution in [0, 0.1) is 11.8 Å². The zero-order valence-electron chi connectivity index (χ0n) is 10.6. The minimum absolute atomic E-state index is 0.917. The smallest absolute Gasteiger partial charge is 0.00518 e. The van der Waals surface area contributed by atoms with Gasteiger partial charge in [-0.1, -0.05) is 46.5 Å². The van der Waals surface area contributed by atoms with E-state index in [1.807, 2.05) is 7.05 Å². The summed E-state index contributed by atoms with van der Waals surface area (Å²) < 4.78 is 0. The minimum Gasteiger partial charge on any atom is -0.320 e. The molecule has 0 rings (SSSR count). The molecule has 86 valence electrons. The van der Waals surface area contributed by atoms with Gasteiger partial charge >= 0.3 is 0 Å². The molecule has 1 N–H and O–H groups in total. The van der Waals surface area contributed by atoms with Gasteiger partial charge < -0.3 is 5.32 Å². The topological polar surface area (TPSA) is 12.0 Å². The Morgan fingerprint density at radius 2 is 1.79 bits per heavy atom. The predicted octanol–water partition coefficient (Wildman–Crippen LogP) is 3.84. The summed E-state index contributed by atoms with van der Waals surface area (Å²) in [5.74, 6) is 1.88. The fraction of sp³-hybridized carbons (Fsp3) is 1.00. The highest BCUT2D eigenvalue weighted by molar-refractivity contribution is 4.65. The first kappa shape index (κ1) is 14.0. The van der Waals surface area contributed by atoms with Crippen LogP contribution in [-0.4, -0.2) is 13.6 Å². The molecule has 0 aromatic rings. The quantitative estimate of drug-likeness (QED) is 0.556. The maximum atomic E-state index is 3.22. The molecule has 0 spiro atoms. The van der Waals surface area contributed by atoms with Crippen LogP contribution in [0.3, 0.4) is 0 Å². The molecule has 0 aliphatic rings. The molecule has 2 unspecified atom stereocenters. The Labute approximate surface area is 90.7 Å². The van der Waals surface area contributed by atoms with Gasteiger partial charge in [0.05, 0.1) is 0 Å². The monoisotopic (exact) mass is 199 g/mol. The summed E-state index contributed by atoms with van der Waals surface area (Å²) in [6.45, 7) is 8.24. The Morgan fingerprint density at radius 1 is 1.07 bits per heavy atom. The van der Waals surface area contributed by atoms with Crippen molar-refractivity contribution in [1.82, 2.24) is 5.32 Å². The fourth-order valence-corrected chi connectivity index (χ4v) is 2.19. The third kappa shape index (κ3) is 6.42. The van der Waals surface area contributed by atoms with Gasteiger partial charge in [-0.3, -0.25) is 0 Å². The molecule has 0 saturated heterocycles. The highest BCUT2D eigenvalue weighted by atomic mass is 14.8. The molecule has 1 nitrogen and oxygen atoms in total. The molecule has 0 aromatic carbocycles. The Kier molecular flexibility index (Phi) is 9.49. The van der Waals surface area contributed by atoms with Crippen molar-refractivity contribution >= 4 is 0 Å². The van der Waals surface area contributed by atoms with Crippen LogP contribution in [0.4, 0.5) is 0 Å². The second kappa shape index (κ2) is 9.51. The molecule has 2 atom stereocenters. The van der Waals surface area contributed by atoms with E-state index in [4.69, 9.17) is 0 Å². The van der Waals surface area contributed by atoms with Crippen molar-refractivity contribution < 1.29 is 0 Å². The van der Waals surface area contributed by atoms with Crippen molar-refractivity contribution in [3.05, 3.63) is 0 Å². The summed E-state index contributed by atoms with van der Waals surface area (Å²) in [6, 6.07) is 0. The second-order valence-electron chi connectivity index (χ2n) is 4.53. The Morgan fingerprint density at radius 3 is 2.29 bits per heavy atom. The summed E-state index contributed by atoms with van der Waals surface area (Å²) in [5.41, 5.74) is 0. The minimum atomic E-state index is 0.917. The summed E-state index contributed by atoms with van der Waals surface area (Å²) in [7, 11) is 2.04. The van der Waals surface area contributed by atoms with Gasteiger partial charge in [-0.05, 0) is 38.3 Å². The Hall–Kier alpha value is -0.0400. The molecule has 0 aromatic heterocycles. The normalized spacial score (nSPS) is 15.4. The average Bonchev–Trinajstić information content (AvgIpc) is 2.19. The van der Waals surface area contributed by atoms with Crippen molar-refractivity contribution in [2.24, 2.45) is 11.8 Å². The second-order valence-corrected chi connectivity index (χ2v) is 4.53. The summed E-state index contributed by atoms with van der Waals surface area (Å²) in [5, 5.41) is 3.22. The first-order valence-electron chi connectivity index (χ1n) is 6.40. The Bertz CT molecular complexity index is 112. The number of hydrogen-bond acceptors (Lipinski definition) is 1. The van der Waals surface area contributed by atoms with Crippen molar-refractivity contribution in [1.29, 1.82) is 0 Å². The third-order valence-corrected chi connectivity index (χ3v) is 3.34. The van der Waals surface area contributed by atoms with Crippen LogP contribution in [-0.2, 0) is 0 Å². The molecule has 0 aliphatic heterocycles. The van der Waals surface area contributed by atoms with Crippen LogP contribution in [0.1, 0.15) is 59.3 Å². The van der Waals surface area contributed by atoms with Gasteiger partial charge in [-0.2, -0.15) is 0 Å². The molecule has 0 aliphatic carbocycles. The number of hydrogen-bond donors (Lipinski definition) is 1. The first-order valence-corrected chi connectivity index (χ1v) is 6.40. The third-order valence-electron chi connectivity index (χ3n) is 3.34. The number of nitrogens with one attached hydrogen (secondary N) is 1. The van der Waals surface area contributed by atoms with E-state index in [0.717, 1.165) is 11.8 Å². The highest BCUT2D eigenvalue weighted by Crippen LogP contribution is 2.25.